The highest BCUT2D eigenvalue weighted by molar-refractivity contribution is 7.92. The molecule has 0 saturated carbocycles. The van der Waals surface area contributed by atoms with Gasteiger partial charge >= 0.3 is 0 Å². The van der Waals surface area contributed by atoms with Gasteiger partial charge in [0.25, 0.3) is 10.0 Å². The van der Waals surface area contributed by atoms with E-state index in [2.05, 4.69) is 4.72 Å². The third-order valence-corrected chi connectivity index (χ3v) is 5.88. The number of hydrogen-bond donors (Lipinski definition) is 1. The molecule has 1 aliphatic carbocycles. The van der Waals surface area contributed by atoms with Crippen LogP contribution in [-0.4, -0.2) is 21.6 Å². The van der Waals surface area contributed by atoms with Gasteiger partial charge in [-0.25, -0.2) is 8.42 Å². The van der Waals surface area contributed by atoms with Crippen LogP contribution in [0.1, 0.15) is 23.1 Å². The molecule has 5 nitrogen and oxygen atoms in total. The maximum atomic E-state index is 12.7. The van der Waals surface area contributed by atoms with Gasteiger partial charge in [-0.3, -0.25) is 4.72 Å². The van der Waals surface area contributed by atoms with E-state index in [0.29, 0.717) is 35.3 Å². The molecule has 0 amide bonds. The molecule has 1 aliphatic heterocycles. The van der Waals surface area contributed by atoms with Crippen molar-refractivity contribution < 1.29 is 17.9 Å². The Balaban J connectivity index is 1.67. The van der Waals surface area contributed by atoms with Crippen molar-refractivity contribution in [3.05, 3.63) is 47.0 Å². The average molecular weight is 345 g/mol. The Kier molecular flexibility index (Phi) is 3.64. The summed E-state index contributed by atoms with van der Waals surface area (Å²) in [4.78, 5) is 0.303. The number of anilines is 1. The van der Waals surface area contributed by atoms with E-state index in [0.717, 1.165) is 30.4 Å². The third-order valence-electron chi connectivity index (χ3n) is 4.51. The number of hydrogen-bond acceptors (Lipinski definition) is 4. The van der Waals surface area contributed by atoms with E-state index in [4.69, 9.17) is 9.47 Å². The first-order valence-electron chi connectivity index (χ1n) is 8.08. The van der Waals surface area contributed by atoms with Crippen molar-refractivity contribution in [1.82, 2.24) is 0 Å². The van der Waals surface area contributed by atoms with Gasteiger partial charge in [-0.05, 0) is 61.1 Å². The molecule has 126 valence electrons. The molecule has 0 bridgehead atoms. The second kappa shape index (κ2) is 5.70. The summed E-state index contributed by atoms with van der Waals surface area (Å²) in [5.41, 5.74) is 3.70. The van der Waals surface area contributed by atoms with Gasteiger partial charge in [-0.15, -0.1) is 0 Å². The second-order valence-corrected chi connectivity index (χ2v) is 7.88. The molecular formula is C18H19NO4S. The highest BCUT2D eigenvalue weighted by atomic mass is 32.2. The zero-order valence-corrected chi connectivity index (χ0v) is 14.3. The number of fused-ring (bicyclic) bond motifs is 2. The van der Waals surface area contributed by atoms with E-state index in [1.807, 2.05) is 13.0 Å². The molecule has 0 aromatic heterocycles. The van der Waals surface area contributed by atoms with Crippen LogP contribution in [0.4, 0.5) is 5.69 Å². The molecule has 0 spiro atoms. The summed E-state index contributed by atoms with van der Waals surface area (Å²) >= 11 is 0. The fraction of sp³-hybridized carbons (Fsp3) is 0.333. The Morgan fingerprint density at radius 2 is 1.67 bits per heavy atom. The molecule has 0 fully saturated rings. The van der Waals surface area contributed by atoms with Gasteiger partial charge in [-0.2, -0.15) is 0 Å². The van der Waals surface area contributed by atoms with E-state index in [1.165, 1.54) is 5.56 Å². The summed E-state index contributed by atoms with van der Waals surface area (Å²) in [5.74, 6) is 1.22. The molecule has 24 heavy (non-hydrogen) atoms. The summed E-state index contributed by atoms with van der Waals surface area (Å²) in [5, 5.41) is 0. The molecule has 4 rings (SSSR count). The van der Waals surface area contributed by atoms with Crippen LogP contribution >= 0.6 is 0 Å². The van der Waals surface area contributed by atoms with Crippen molar-refractivity contribution in [3.63, 3.8) is 0 Å². The summed E-state index contributed by atoms with van der Waals surface area (Å²) in [7, 11) is -3.63. The summed E-state index contributed by atoms with van der Waals surface area (Å²) in [6.07, 6.45) is 3.07. The van der Waals surface area contributed by atoms with Gasteiger partial charge in [0.05, 0.1) is 10.6 Å². The Bertz CT molecular complexity index is 905. The van der Waals surface area contributed by atoms with Crippen molar-refractivity contribution >= 4 is 15.7 Å². The summed E-state index contributed by atoms with van der Waals surface area (Å²) in [6.45, 7) is 2.82. The zero-order chi connectivity index (χ0) is 16.7. The molecule has 0 unspecified atom stereocenters. The Morgan fingerprint density at radius 3 is 2.46 bits per heavy atom. The van der Waals surface area contributed by atoms with E-state index in [-0.39, 0.29) is 0 Å². The maximum Gasteiger partial charge on any atom is 0.261 e. The Labute approximate surface area is 141 Å². The molecule has 0 saturated heterocycles. The number of nitrogens with one attached hydrogen (secondary N) is 1. The lowest BCUT2D eigenvalue weighted by molar-refractivity contribution is 0.171. The lowest BCUT2D eigenvalue weighted by Crippen LogP contribution is -2.17. The largest absolute Gasteiger partial charge is 0.486 e. The molecule has 0 radical (unpaired) electrons. The number of aryl methyl sites for hydroxylation is 3. The van der Waals surface area contributed by atoms with Crippen molar-refractivity contribution in [2.75, 3.05) is 17.9 Å². The van der Waals surface area contributed by atoms with Crippen LogP contribution in [0.5, 0.6) is 11.5 Å². The number of benzene rings is 2. The number of rotatable bonds is 3. The Morgan fingerprint density at radius 1 is 0.958 bits per heavy atom. The smallest absolute Gasteiger partial charge is 0.261 e. The van der Waals surface area contributed by atoms with Crippen molar-refractivity contribution in [3.8, 4) is 11.5 Å². The van der Waals surface area contributed by atoms with E-state index >= 15 is 0 Å². The molecule has 2 aliphatic rings. The standard InChI is InChI=1S/C18H19NO4S/c1-12-9-17-18(23-8-7-22-17)11-16(12)19-24(20,21)15-6-5-13-3-2-4-14(13)10-15/h5-6,9-11,19H,2-4,7-8H2,1H3. The first kappa shape index (κ1) is 15.3. The average Bonchev–Trinajstić information content (AvgIpc) is 3.03. The normalized spacial score (nSPS) is 15.9. The van der Waals surface area contributed by atoms with Crippen molar-refractivity contribution in [2.45, 2.75) is 31.1 Å². The minimum absolute atomic E-state index is 0.303. The minimum Gasteiger partial charge on any atom is -0.486 e. The van der Waals surface area contributed by atoms with Crippen LogP contribution < -0.4 is 14.2 Å². The van der Waals surface area contributed by atoms with E-state index < -0.39 is 10.0 Å². The molecule has 2 aromatic carbocycles. The van der Waals surface area contributed by atoms with Gasteiger partial charge in [0.15, 0.2) is 11.5 Å². The van der Waals surface area contributed by atoms with Crippen molar-refractivity contribution in [1.29, 1.82) is 0 Å². The van der Waals surface area contributed by atoms with Gasteiger partial charge in [0.2, 0.25) is 0 Å². The van der Waals surface area contributed by atoms with Crippen LogP contribution in [0, 0.1) is 6.92 Å². The van der Waals surface area contributed by atoms with Gasteiger partial charge in [-0.1, -0.05) is 6.07 Å². The van der Waals surface area contributed by atoms with Gasteiger partial charge in [0.1, 0.15) is 13.2 Å². The highest BCUT2D eigenvalue weighted by Gasteiger charge is 2.21. The second-order valence-electron chi connectivity index (χ2n) is 6.20. The monoisotopic (exact) mass is 345 g/mol. The Hall–Kier alpha value is -2.21. The molecule has 6 heteroatoms. The predicted molar refractivity (Wildman–Crippen MR) is 91.4 cm³/mol. The van der Waals surface area contributed by atoms with Gasteiger partial charge in [0, 0.05) is 6.07 Å². The number of ether oxygens (including phenoxy) is 2. The fourth-order valence-electron chi connectivity index (χ4n) is 3.22. The zero-order valence-electron chi connectivity index (χ0n) is 13.5. The lowest BCUT2D eigenvalue weighted by Gasteiger charge is -2.21. The highest BCUT2D eigenvalue weighted by Crippen LogP contribution is 2.36. The van der Waals surface area contributed by atoms with Crippen LogP contribution in [0.15, 0.2) is 35.2 Å². The molecule has 2 aromatic rings. The third kappa shape index (κ3) is 2.71. The van der Waals surface area contributed by atoms with Crippen LogP contribution in [0.3, 0.4) is 0 Å². The van der Waals surface area contributed by atoms with Crippen molar-refractivity contribution in [2.24, 2.45) is 0 Å². The van der Waals surface area contributed by atoms with E-state index in [9.17, 15) is 8.42 Å². The topological polar surface area (TPSA) is 64.6 Å². The predicted octanol–water partition coefficient (Wildman–Crippen LogP) is 3.06. The quantitative estimate of drug-likeness (QED) is 0.929. The fourth-order valence-corrected chi connectivity index (χ4v) is 4.39. The maximum absolute atomic E-state index is 12.7. The molecule has 1 N–H and O–H groups in total. The van der Waals surface area contributed by atoms with Crippen LogP contribution in [-0.2, 0) is 22.9 Å². The lowest BCUT2D eigenvalue weighted by atomic mass is 10.1. The van der Waals surface area contributed by atoms with Gasteiger partial charge < -0.3 is 9.47 Å². The SMILES string of the molecule is Cc1cc2c(cc1NS(=O)(=O)c1ccc3c(c1)CCC3)OCCO2. The minimum atomic E-state index is -3.63. The summed E-state index contributed by atoms with van der Waals surface area (Å²) in [6, 6.07) is 8.88. The molecule has 0 atom stereocenters. The first-order valence-corrected chi connectivity index (χ1v) is 9.56. The van der Waals surface area contributed by atoms with Crippen LogP contribution in [0.25, 0.3) is 0 Å². The number of sulfonamides is 1. The first-order chi connectivity index (χ1) is 11.5. The van der Waals surface area contributed by atoms with Crippen LogP contribution in [0.2, 0.25) is 0 Å². The molecule has 1 heterocycles. The van der Waals surface area contributed by atoms with E-state index in [1.54, 1.807) is 24.3 Å². The summed E-state index contributed by atoms with van der Waals surface area (Å²) < 4.78 is 39.2. The molecular weight excluding hydrogens is 326 g/mol.